The van der Waals surface area contributed by atoms with Crippen molar-refractivity contribution in [3.63, 3.8) is 0 Å². The number of carbonyl (C=O) groups is 1. The summed E-state index contributed by atoms with van der Waals surface area (Å²) in [5.41, 5.74) is 1.52. The maximum atomic E-state index is 12.2. The molecule has 1 aromatic rings. The molecule has 0 radical (unpaired) electrons. The number of carbonyl (C=O) groups excluding carboxylic acids is 1. The zero-order valence-electron chi connectivity index (χ0n) is 9.31. The van der Waals surface area contributed by atoms with E-state index in [2.05, 4.69) is 15.9 Å². The van der Waals surface area contributed by atoms with Gasteiger partial charge in [0.15, 0.2) is 0 Å². The molecule has 1 rings (SSSR count). The predicted octanol–water partition coefficient (Wildman–Crippen LogP) is 3.28. The van der Waals surface area contributed by atoms with Crippen molar-refractivity contribution in [3.05, 3.63) is 33.8 Å². The number of nitrogens with zero attached hydrogens (tertiary/aromatic N) is 1. The Labute approximate surface area is 106 Å². The van der Waals surface area contributed by atoms with Gasteiger partial charge in [0.05, 0.1) is 0 Å². The third kappa shape index (κ3) is 3.73. The van der Waals surface area contributed by atoms with Crippen LogP contribution in [-0.4, -0.2) is 24.0 Å². The van der Waals surface area contributed by atoms with Crippen molar-refractivity contribution in [1.82, 2.24) is 4.90 Å². The van der Waals surface area contributed by atoms with Crippen LogP contribution < -0.4 is 0 Å². The second kappa shape index (κ2) is 5.08. The standard InChI is InChI=1S/C11H11BrF3NO/c1-7-5-9(12)4-3-8(7)6-16(2)10(17)11(13,14)15/h3-5H,6H2,1-2H3. The maximum absolute atomic E-state index is 12.2. The summed E-state index contributed by atoms with van der Waals surface area (Å²) in [6.07, 6.45) is -4.82. The number of alkyl halides is 3. The first-order valence-electron chi connectivity index (χ1n) is 4.79. The topological polar surface area (TPSA) is 20.3 Å². The smallest absolute Gasteiger partial charge is 0.334 e. The summed E-state index contributed by atoms with van der Waals surface area (Å²) >= 11 is 3.26. The van der Waals surface area contributed by atoms with Gasteiger partial charge < -0.3 is 4.90 Å². The molecular formula is C11H11BrF3NO. The molecule has 0 saturated heterocycles. The number of aryl methyl sites for hydroxylation is 1. The summed E-state index contributed by atoms with van der Waals surface area (Å²) in [4.78, 5) is 11.6. The molecule has 17 heavy (non-hydrogen) atoms. The molecule has 0 atom stereocenters. The Kier molecular flexibility index (Phi) is 4.19. The average molecular weight is 310 g/mol. The zero-order valence-corrected chi connectivity index (χ0v) is 10.9. The fourth-order valence-electron chi connectivity index (χ4n) is 1.38. The van der Waals surface area contributed by atoms with Crippen LogP contribution >= 0.6 is 15.9 Å². The molecule has 0 aliphatic rings. The van der Waals surface area contributed by atoms with Crippen LogP contribution in [0, 0.1) is 6.92 Å². The molecule has 0 unspecified atom stereocenters. The third-order valence-electron chi connectivity index (χ3n) is 2.30. The van der Waals surface area contributed by atoms with Gasteiger partial charge in [-0.2, -0.15) is 13.2 Å². The Bertz CT molecular complexity index is 431. The van der Waals surface area contributed by atoms with Crippen molar-refractivity contribution >= 4 is 21.8 Å². The van der Waals surface area contributed by atoms with Gasteiger partial charge in [0.2, 0.25) is 0 Å². The molecule has 0 aliphatic carbocycles. The highest BCUT2D eigenvalue weighted by Crippen LogP contribution is 2.21. The van der Waals surface area contributed by atoms with E-state index in [-0.39, 0.29) is 6.54 Å². The molecule has 94 valence electrons. The lowest BCUT2D eigenvalue weighted by atomic mass is 10.1. The first-order valence-corrected chi connectivity index (χ1v) is 5.58. The highest BCUT2D eigenvalue weighted by molar-refractivity contribution is 9.10. The molecule has 1 aromatic carbocycles. The quantitative estimate of drug-likeness (QED) is 0.821. The number of halogens is 4. The lowest BCUT2D eigenvalue weighted by Crippen LogP contribution is -2.38. The first-order chi connectivity index (χ1) is 7.71. The van der Waals surface area contributed by atoms with Crippen LogP contribution in [-0.2, 0) is 11.3 Å². The number of amides is 1. The van der Waals surface area contributed by atoms with E-state index in [9.17, 15) is 18.0 Å². The van der Waals surface area contributed by atoms with Crippen molar-refractivity contribution < 1.29 is 18.0 Å². The Morgan fingerprint density at radius 1 is 1.41 bits per heavy atom. The number of hydrogen-bond donors (Lipinski definition) is 0. The summed E-state index contributed by atoms with van der Waals surface area (Å²) < 4.78 is 37.4. The van der Waals surface area contributed by atoms with Crippen LogP contribution in [0.1, 0.15) is 11.1 Å². The highest BCUT2D eigenvalue weighted by atomic mass is 79.9. The number of hydrogen-bond acceptors (Lipinski definition) is 1. The Morgan fingerprint density at radius 3 is 2.47 bits per heavy atom. The molecular weight excluding hydrogens is 299 g/mol. The molecule has 0 heterocycles. The van der Waals surface area contributed by atoms with E-state index in [1.54, 1.807) is 25.1 Å². The van der Waals surface area contributed by atoms with E-state index in [0.717, 1.165) is 17.1 Å². The summed E-state index contributed by atoms with van der Waals surface area (Å²) in [6, 6.07) is 5.22. The van der Waals surface area contributed by atoms with Gasteiger partial charge in [-0.3, -0.25) is 4.79 Å². The van der Waals surface area contributed by atoms with E-state index in [1.807, 2.05) is 0 Å². The van der Waals surface area contributed by atoms with Gasteiger partial charge in [-0.15, -0.1) is 0 Å². The minimum absolute atomic E-state index is 0.0581. The predicted molar refractivity (Wildman–Crippen MR) is 61.4 cm³/mol. The van der Waals surface area contributed by atoms with Crippen LogP contribution in [0.2, 0.25) is 0 Å². The summed E-state index contributed by atoms with van der Waals surface area (Å²) in [5, 5.41) is 0. The Balaban J connectivity index is 2.81. The second-order valence-corrected chi connectivity index (χ2v) is 4.65. The van der Waals surface area contributed by atoms with Gasteiger partial charge in [-0.25, -0.2) is 0 Å². The van der Waals surface area contributed by atoms with Crippen molar-refractivity contribution in [2.75, 3.05) is 7.05 Å². The largest absolute Gasteiger partial charge is 0.471 e. The van der Waals surface area contributed by atoms with Crippen LogP contribution in [0.5, 0.6) is 0 Å². The summed E-state index contributed by atoms with van der Waals surface area (Å²) in [5.74, 6) is -1.83. The molecule has 0 aliphatic heterocycles. The van der Waals surface area contributed by atoms with Crippen molar-refractivity contribution in [1.29, 1.82) is 0 Å². The van der Waals surface area contributed by atoms with E-state index < -0.39 is 12.1 Å². The van der Waals surface area contributed by atoms with Crippen molar-refractivity contribution in [3.8, 4) is 0 Å². The molecule has 0 N–H and O–H groups in total. The Morgan fingerprint density at radius 2 is 2.00 bits per heavy atom. The minimum atomic E-state index is -4.82. The number of benzene rings is 1. The van der Waals surface area contributed by atoms with Gasteiger partial charge in [0.1, 0.15) is 0 Å². The van der Waals surface area contributed by atoms with Gasteiger partial charge in [-0.05, 0) is 30.2 Å². The van der Waals surface area contributed by atoms with Crippen LogP contribution in [0.4, 0.5) is 13.2 Å². The zero-order chi connectivity index (χ0) is 13.2. The van der Waals surface area contributed by atoms with Crippen LogP contribution in [0.3, 0.4) is 0 Å². The molecule has 0 spiro atoms. The average Bonchev–Trinajstić information content (AvgIpc) is 2.19. The lowest BCUT2D eigenvalue weighted by Gasteiger charge is -2.19. The Hall–Kier alpha value is -1.04. The van der Waals surface area contributed by atoms with E-state index >= 15 is 0 Å². The van der Waals surface area contributed by atoms with Gasteiger partial charge >= 0.3 is 12.1 Å². The summed E-state index contributed by atoms with van der Waals surface area (Å²) in [6.45, 7) is 1.73. The molecule has 0 saturated carbocycles. The van der Waals surface area contributed by atoms with Gasteiger partial charge in [0.25, 0.3) is 0 Å². The van der Waals surface area contributed by atoms with E-state index in [4.69, 9.17) is 0 Å². The number of rotatable bonds is 2. The fraction of sp³-hybridized carbons (Fsp3) is 0.364. The third-order valence-corrected chi connectivity index (χ3v) is 2.79. The van der Waals surface area contributed by atoms with Crippen molar-refractivity contribution in [2.45, 2.75) is 19.6 Å². The molecule has 2 nitrogen and oxygen atoms in total. The minimum Gasteiger partial charge on any atom is -0.334 e. The molecule has 1 amide bonds. The lowest BCUT2D eigenvalue weighted by molar-refractivity contribution is -0.184. The van der Waals surface area contributed by atoms with E-state index in [1.165, 1.54) is 0 Å². The molecule has 0 bridgehead atoms. The maximum Gasteiger partial charge on any atom is 0.471 e. The monoisotopic (exact) mass is 309 g/mol. The fourth-order valence-corrected chi connectivity index (χ4v) is 1.86. The summed E-state index contributed by atoms with van der Waals surface area (Å²) in [7, 11) is 1.14. The molecule has 6 heteroatoms. The van der Waals surface area contributed by atoms with E-state index in [0.29, 0.717) is 10.5 Å². The molecule has 0 aromatic heterocycles. The van der Waals surface area contributed by atoms with Crippen LogP contribution in [0.25, 0.3) is 0 Å². The van der Waals surface area contributed by atoms with Gasteiger partial charge in [-0.1, -0.05) is 22.0 Å². The highest BCUT2D eigenvalue weighted by Gasteiger charge is 2.41. The second-order valence-electron chi connectivity index (χ2n) is 3.73. The van der Waals surface area contributed by atoms with Crippen molar-refractivity contribution in [2.24, 2.45) is 0 Å². The normalized spacial score (nSPS) is 11.4. The van der Waals surface area contributed by atoms with Crippen LogP contribution in [0.15, 0.2) is 22.7 Å². The van der Waals surface area contributed by atoms with Gasteiger partial charge in [0, 0.05) is 18.1 Å². The first kappa shape index (κ1) is 14.0. The SMILES string of the molecule is Cc1cc(Br)ccc1CN(C)C(=O)C(F)(F)F. The molecule has 0 fully saturated rings.